The molecule has 0 bridgehead atoms. The summed E-state index contributed by atoms with van der Waals surface area (Å²) in [5, 5.41) is 7.01. The zero-order chi connectivity index (χ0) is 17.2. The molecule has 0 atom stereocenters. The van der Waals surface area contributed by atoms with Gasteiger partial charge in [-0.05, 0) is 24.3 Å². The molecule has 9 heteroatoms. The van der Waals surface area contributed by atoms with Gasteiger partial charge in [0.05, 0.1) is 19.8 Å². The number of hydrogen-bond donors (Lipinski definition) is 1. The molecule has 2 aliphatic heterocycles. The van der Waals surface area contributed by atoms with Crippen LogP contribution in [0.4, 0.5) is 18.9 Å². The molecule has 0 saturated carbocycles. The Balaban J connectivity index is 1.75. The third-order valence-corrected chi connectivity index (χ3v) is 3.76. The first-order valence-electron chi connectivity index (χ1n) is 7.55. The number of carbonyl (C=O) groups excluding carboxylic acids is 1. The second-order valence-electron chi connectivity index (χ2n) is 5.52. The van der Waals surface area contributed by atoms with Gasteiger partial charge in [0.1, 0.15) is 6.54 Å². The van der Waals surface area contributed by atoms with Gasteiger partial charge in [-0.25, -0.2) is 5.01 Å². The van der Waals surface area contributed by atoms with Gasteiger partial charge in [0.2, 0.25) is 0 Å². The lowest BCUT2D eigenvalue weighted by molar-refractivity contribution is -0.161. The molecule has 0 radical (unpaired) electrons. The van der Waals surface area contributed by atoms with Crippen LogP contribution in [0.3, 0.4) is 0 Å². The van der Waals surface area contributed by atoms with Crippen LogP contribution in [0.2, 0.25) is 0 Å². The van der Waals surface area contributed by atoms with Crippen LogP contribution in [0, 0.1) is 0 Å². The van der Waals surface area contributed by atoms with Crippen LogP contribution in [0.25, 0.3) is 0 Å². The third-order valence-electron chi connectivity index (χ3n) is 3.76. The second kappa shape index (κ2) is 6.68. The predicted molar refractivity (Wildman–Crippen MR) is 81.8 cm³/mol. The number of carbonyl (C=O) groups is 1. The molecule has 0 spiro atoms. The molecule has 1 amide bonds. The number of hydrazone groups is 1. The molecular formula is C15H17F3N4O2. The minimum atomic E-state index is -4.48. The number of alkyl halides is 3. The van der Waals surface area contributed by atoms with Crippen LogP contribution in [-0.2, 0) is 9.53 Å². The first kappa shape index (κ1) is 16.6. The number of hydrogen-bond acceptors (Lipinski definition) is 5. The molecule has 1 fully saturated rings. The summed E-state index contributed by atoms with van der Waals surface area (Å²) in [5.74, 6) is -0.451. The summed E-state index contributed by atoms with van der Waals surface area (Å²) < 4.78 is 42.8. The highest BCUT2D eigenvalue weighted by Crippen LogP contribution is 2.20. The summed E-state index contributed by atoms with van der Waals surface area (Å²) in [6.45, 7) is 1.34. The van der Waals surface area contributed by atoms with Crippen molar-refractivity contribution in [3.05, 3.63) is 29.8 Å². The van der Waals surface area contributed by atoms with Crippen LogP contribution in [0.15, 0.2) is 29.4 Å². The van der Waals surface area contributed by atoms with Crippen molar-refractivity contribution in [2.45, 2.75) is 6.18 Å². The highest BCUT2D eigenvalue weighted by Gasteiger charge is 2.35. The van der Waals surface area contributed by atoms with Gasteiger partial charge in [0.15, 0.2) is 5.84 Å². The monoisotopic (exact) mass is 342 g/mol. The fourth-order valence-electron chi connectivity index (χ4n) is 2.57. The van der Waals surface area contributed by atoms with E-state index in [1.807, 2.05) is 12.1 Å². The summed E-state index contributed by atoms with van der Waals surface area (Å²) in [6.07, 6.45) is -4.48. The maximum Gasteiger partial charge on any atom is 0.408 e. The van der Waals surface area contributed by atoms with Crippen LogP contribution < -0.4 is 10.2 Å². The lowest BCUT2D eigenvalue weighted by Gasteiger charge is -2.29. The Morgan fingerprint density at radius 2 is 1.83 bits per heavy atom. The maximum absolute atomic E-state index is 12.5. The average Bonchev–Trinajstić information content (AvgIpc) is 2.57. The highest BCUT2D eigenvalue weighted by molar-refractivity contribution is 6.03. The zero-order valence-electron chi connectivity index (χ0n) is 12.8. The lowest BCUT2D eigenvalue weighted by Crippen LogP contribution is -2.47. The molecule has 3 rings (SSSR count). The van der Waals surface area contributed by atoms with E-state index in [4.69, 9.17) is 4.74 Å². The number of rotatable bonds is 3. The van der Waals surface area contributed by atoms with E-state index in [1.165, 1.54) is 0 Å². The van der Waals surface area contributed by atoms with Gasteiger partial charge in [-0.2, -0.15) is 18.3 Å². The molecule has 1 aromatic carbocycles. The summed E-state index contributed by atoms with van der Waals surface area (Å²) in [4.78, 5) is 13.7. The molecule has 0 aromatic heterocycles. The summed E-state index contributed by atoms with van der Waals surface area (Å²) in [7, 11) is 0. The van der Waals surface area contributed by atoms with E-state index < -0.39 is 18.6 Å². The van der Waals surface area contributed by atoms with Gasteiger partial charge in [0.25, 0.3) is 5.91 Å². The number of morpholine rings is 1. The van der Waals surface area contributed by atoms with Crippen LogP contribution >= 0.6 is 0 Å². The molecule has 24 heavy (non-hydrogen) atoms. The maximum atomic E-state index is 12.5. The number of amides is 1. The lowest BCUT2D eigenvalue weighted by atomic mass is 10.1. The van der Waals surface area contributed by atoms with Crippen molar-refractivity contribution in [1.82, 2.24) is 10.3 Å². The molecule has 1 N–H and O–H groups in total. The number of nitrogens with zero attached hydrogens (tertiary/aromatic N) is 3. The van der Waals surface area contributed by atoms with E-state index in [1.54, 1.807) is 12.1 Å². The first-order chi connectivity index (χ1) is 11.4. The summed E-state index contributed by atoms with van der Waals surface area (Å²) >= 11 is 0. The number of halogens is 3. The van der Waals surface area contributed by atoms with E-state index in [2.05, 4.69) is 15.3 Å². The fourth-order valence-corrected chi connectivity index (χ4v) is 2.57. The first-order valence-corrected chi connectivity index (χ1v) is 7.55. The van der Waals surface area contributed by atoms with E-state index in [0.717, 1.165) is 18.8 Å². The molecule has 2 heterocycles. The Labute approximate surface area is 136 Å². The van der Waals surface area contributed by atoms with Gasteiger partial charge in [0, 0.05) is 24.3 Å². The second-order valence-corrected chi connectivity index (χ2v) is 5.52. The van der Waals surface area contributed by atoms with Gasteiger partial charge in [-0.15, -0.1) is 0 Å². The highest BCUT2D eigenvalue weighted by atomic mass is 19.4. The van der Waals surface area contributed by atoms with Crippen molar-refractivity contribution >= 4 is 17.4 Å². The quantitative estimate of drug-likeness (QED) is 0.896. The van der Waals surface area contributed by atoms with Crippen LogP contribution in [-0.4, -0.2) is 62.3 Å². The molecule has 1 aromatic rings. The Bertz CT molecular complexity index is 625. The molecular weight excluding hydrogens is 325 g/mol. The van der Waals surface area contributed by atoms with Crippen molar-refractivity contribution < 1.29 is 22.7 Å². The van der Waals surface area contributed by atoms with Crippen LogP contribution in [0.1, 0.15) is 5.56 Å². The molecule has 130 valence electrons. The van der Waals surface area contributed by atoms with Crippen molar-refractivity contribution in [2.75, 3.05) is 44.3 Å². The van der Waals surface area contributed by atoms with Crippen molar-refractivity contribution in [2.24, 2.45) is 5.10 Å². The third kappa shape index (κ3) is 3.97. The van der Waals surface area contributed by atoms with E-state index >= 15 is 0 Å². The SMILES string of the molecule is O=C1CNC(c2ccc(N3CCOCC3)cc2)=NN1CC(F)(F)F. The minimum Gasteiger partial charge on any atom is -0.378 e. The Morgan fingerprint density at radius 1 is 1.17 bits per heavy atom. The molecule has 0 aliphatic carbocycles. The smallest absolute Gasteiger partial charge is 0.378 e. The fraction of sp³-hybridized carbons (Fsp3) is 0.467. The number of nitrogens with one attached hydrogen (secondary N) is 1. The van der Waals surface area contributed by atoms with Crippen LogP contribution in [0.5, 0.6) is 0 Å². The van der Waals surface area contributed by atoms with Gasteiger partial charge in [-0.1, -0.05) is 0 Å². The largest absolute Gasteiger partial charge is 0.408 e. The number of amidine groups is 1. The average molecular weight is 342 g/mol. The van der Waals surface area contributed by atoms with Crippen molar-refractivity contribution in [1.29, 1.82) is 0 Å². The molecule has 1 saturated heterocycles. The molecule has 0 unspecified atom stereocenters. The molecule has 2 aliphatic rings. The van der Waals surface area contributed by atoms with E-state index in [0.29, 0.717) is 23.8 Å². The van der Waals surface area contributed by atoms with Crippen molar-refractivity contribution in [3.63, 3.8) is 0 Å². The number of benzene rings is 1. The Hall–Kier alpha value is -2.29. The minimum absolute atomic E-state index is 0.208. The Kier molecular flexibility index (Phi) is 4.61. The van der Waals surface area contributed by atoms with Gasteiger partial charge in [-0.3, -0.25) is 4.79 Å². The topological polar surface area (TPSA) is 57.2 Å². The zero-order valence-corrected chi connectivity index (χ0v) is 12.8. The van der Waals surface area contributed by atoms with Crippen molar-refractivity contribution in [3.8, 4) is 0 Å². The van der Waals surface area contributed by atoms with E-state index in [9.17, 15) is 18.0 Å². The Morgan fingerprint density at radius 3 is 2.46 bits per heavy atom. The number of ether oxygens (including phenoxy) is 1. The summed E-state index contributed by atoms with van der Waals surface area (Å²) in [5.41, 5.74) is 1.65. The van der Waals surface area contributed by atoms with Gasteiger partial charge < -0.3 is 15.0 Å². The van der Waals surface area contributed by atoms with Gasteiger partial charge >= 0.3 is 6.18 Å². The van der Waals surface area contributed by atoms with E-state index in [-0.39, 0.29) is 12.4 Å². The predicted octanol–water partition coefficient (Wildman–Crippen LogP) is 1.18. The molecule has 6 nitrogen and oxygen atoms in total. The summed E-state index contributed by atoms with van der Waals surface area (Å²) in [6, 6.07) is 7.32. The normalized spacial score (nSPS) is 19.1. The standard InChI is InChI=1S/C15H17F3N4O2/c16-15(17,18)10-22-13(23)9-19-14(20-22)11-1-3-12(4-2-11)21-5-7-24-8-6-21/h1-4H,5-10H2,(H,19,20). The number of anilines is 1.